The highest BCUT2D eigenvalue weighted by atomic mass is 16.5. The van der Waals surface area contributed by atoms with Gasteiger partial charge in [-0.15, -0.1) is 0 Å². The monoisotopic (exact) mass is 414 g/mol. The lowest BCUT2D eigenvalue weighted by molar-refractivity contribution is -0.150. The van der Waals surface area contributed by atoms with E-state index in [0.717, 1.165) is 55.6 Å². The van der Waals surface area contributed by atoms with Crippen LogP contribution in [-0.2, 0) is 20.9 Å². The minimum Gasteiger partial charge on any atom is -0.448 e. The van der Waals surface area contributed by atoms with Crippen LogP contribution in [0.15, 0.2) is 11.6 Å². The molecule has 162 valence electrons. The number of hydrogen-bond donors (Lipinski definition) is 2. The van der Waals surface area contributed by atoms with Crippen molar-refractivity contribution in [1.29, 1.82) is 5.26 Å². The molecule has 0 saturated heterocycles. The van der Waals surface area contributed by atoms with Gasteiger partial charge in [0.05, 0.1) is 0 Å². The zero-order valence-electron chi connectivity index (χ0n) is 18.1. The molecular formula is C22H30N4O4. The summed E-state index contributed by atoms with van der Waals surface area (Å²) in [4.78, 5) is 36.4. The maximum absolute atomic E-state index is 12.4. The summed E-state index contributed by atoms with van der Waals surface area (Å²) in [5, 5.41) is 14.3. The van der Waals surface area contributed by atoms with E-state index < -0.39 is 24.0 Å². The highest BCUT2D eigenvalue weighted by Crippen LogP contribution is 2.19. The third-order valence-corrected chi connectivity index (χ3v) is 5.28. The molecule has 0 aliphatic heterocycles. The predicted octanol–water partition coefficient (Wildman–Crippen LogP) is 3.12. The van der Waals surface area contributed by atoms with Crippen molar-refractivity contribution < 1.29 is 19.1 Å². The number of amides is 3. The summed E-state index contributed by atoms with van der Waals surface area (Å²) < 4.78 is 7.22. The second-order valence-corrected chi connectivity index (χ2v) is 7.64. The number of hydrogen-bond acceptors (Lipinski definition) is 5. The Labute approximate surface area is 177 Å². The van der Waals surface area contributed by atoms with Gasteiger partial charge in [0.15, 0.2) is 6.10 Å². The number of carbonyl (C=O) groups is 3. The molecule has 1 fully saturated rings. The van der Waals surface area contributed by atoms with Crippen LogP contribution in [0.4, 0.5) is 4.79 Å². The summed E-state index contributed by atoms with van der Waals surface area (Å²) in [7, 11) is 0. The van der Waals surface area contributed by atoms with Crippen LogP contribution in [0.5, 0.6) is 0 Å². The summed E-state index contributed by atoms with van der Waals surface area (Å²) in [6, 6.07) is 3.20. The summed E-state index contributed by atoms with van der Waals surface area (Å²) in [6.07, 6.45) is 5.11. The Hall–Kier alpha value is -3.08. The minimum atomic E-state index is -1.21. The molecule has 1 atom stereocenters. The number of aryl methyl sites for hydroxylation is 1. The first-order valence-corrected chi connectivity index (χ1v) is 10.4. The van der Waals surface area contributed by atoms with Crippen LogP contribution in [0.3, 0.4) is 0 Å². The van der Waals surface area contributed by atoms with Crippen molar-refractivity contribution in [3.8, 4) is 6.07 Å². The summed E-state index contributed by atoms with van der Waals surface area (Å²) in [5.74, 6) is -1.64. The highest BCUT2D eigenvalue weighted by molar-refractivity contribution is 6.01. The third-order valence-electron chi connectivity index (χ3n) is 5.28. The molecule has 2 rings (SSSR count). The largest absolute Gasteiger partial charge is 0.448 e. The van der Waals surface area contributed by atoms with Crippen LogP contribution >= 0.6 is 0 Å². The SMILES string of the molecule is CCCn1c(C)cc(/C=C(\C#N)C(=O)O[C@H](C)C(=O)NC(=O)NC2CCCC2)c1C. The predicted molar refractivity (Wildman–Crippen MR) is 112 cm³/mol. The number of nitriles is 1. The van der Waals surface area contributed by atoms with Crippen molar-refractivity contribution in [2.75, 3.05) is 0 Å². The number of aromatic nitrogens is 1. The van der Waals surface area contributed by atoms with Crippen LogP contribution in [0.2, 0.25) is 0 Å². The molecule has 0 bridgehead atoms. The second kappa shape index (κ2) is 10.6. The molecule has 1 aromatic heterocycles. The van der Waals surface area contributed by atoms with E-state index in [4.69, 9.17) is 4.74 Å². The Morgan fingerprint density at radius 3 is 2.60 bits per heavy atom. The molecule has 8 nitrogen and oxygen atoms in total. The summed E-state index contributed by atoms with van der Waals surface area (Å²) in [5.41, 5.74) is 2.53. The number of carbonyl (C=O) groups excluding carboxylic acids is 3. The van der Waals surface area contributed by atoms with Gasteiger partial charge in [-0.3, -0.25) is 10.1 Å². The van der Waals surface area contributed by atoms with Gasteiger partial charge in [0, 0.05) is 24.0 Å². The molecular weight excluding hydrogens is 384 g/mol. The standard InChI is InChI=1S/C22H30N4O4/c1-5-10-26-14(2)11-17(15(26)3)12-18(13-23)21(28)30-16(4)20(27)25-22(29)24-19-8-6-7-9-19/h11-12,16,19H,5-10H2,1-4H3,(H2,24,25,27,29)/b18-12+/t16-/m1/s1. The fourth-order valence-corrected chi connectivity index (χ4v) is 3.62. The van der Waals surface area contributed by atoms with Crippen molar-refractivity contribution in [1.82, 2.24) is 15.2 Å². The van der Waals surface area contributed by atoms with E-state index in [2.05, 4.69) is 22.1 Å². The number of imide groups is 1. The Morgan fingerprint density at radius 1 is 1.33 bits per heavy atom. The van der Waals surface area contributed by atoms with Crippen LogP contribution in [-0.4, -0.2) is 34.6 Å². The van der Waals surface area contributed by atoms with Crippen LogP contribution in [0.25, 0.3) is 6.08 Å². The number of ether oxygens (including phenoxy) is 1. The molecule has 0 spiro atoms. The molecule has 8 heteroatoms. The number of nitrogens with zero attached hydrogens (tertiary/aromatic N) is 2. The Balaban J connectivity index is 1.99. The van der Waals surface area contributed by atoms with Gasteiger partial charge < -0.3 is 14.6 Å². The van der Waals surface area contributed by atoms with Crippen LogP contribution in [0.1, 0.15) is 62.9 Å². The zero-order chi connectivity index (χ0) is 22.3. The van der Waals surface area contributed by atoms with Gasteiger partial charge >= 0.3 is 12.0 Å². The Kier molecular flexibility index (Phi) is 8.22. The molecule has 0 radical (unpaired) electrons. The van der Waals surface area contributed by atoms with Crippen molar-refractivity contribution in [2.45, 2.75) is 78.5 Å². The summed E-state index contributed by atoms with van der Waals surface area (Å²) in [6.45, 7) is 8.17. The van der Waals surface area contributed by atoms with Gasteiger partial charge in [-0.05, 0) is 57.7 Å². The number of nitrogens with one attached hydrogen (secondary N) is 2. The smallest absolute Gasteiger partial charge is 0.349 e. The highest BCUT2D eigenvalue weighted by Gasteiger charge is 2.24. The number of esters is 1. The maximum Gasteiger partial charge on any atom is 0.349 e. The van der Waals surface area contributed by atoms with Gasteiger partial charge in [-0.1, -0.05) is 19.8 Å². The van der Waals surface area contributed by atoms with E-state index in [1.54, 1.807) is 0 Å². The van der Waals surface area contributed by atoms with Gasteiger partial charge in [-0.2, -0.15) is 5.26 Å². The van der Waals surface area contributed by atoms with Crippen molar-refractivity contribution in [2.24, 2.45) is 0 Å². The van der Waals surface area contributed by atoms with E-state index in [0.29, 0.717) is 0 Å². The molecule has 0 unspecified atom stereocenters. The Morgan fingerprint density at radius 2 is 2.00 bits per heavy atom. The minimum absolute atomic E-state index is 0.0653. The number of rotatable bonds is 7. The van der Waals surface area contributed by atoms with Gasteiger partial charge in [0.2, 0.25) is 0 Å². The van der Waals surface area contributed by atoms with E-state index in [1.807, 2.05) is 26.0 Å². The first-order chi connectivity index (χ1) is 14.3. The van der Waals surface area contributed by atoms with E-state index in [9.17, 15) is 19.6 Å². The number of urea groups is 1. The second-order valence-electron chi connectivity index (χ2n) is 7.64. The van der Waals surface area contributed by atoms with E-state index in [-0.39, 0.29) is 11.6 Å². The van der Waals surface area contributed by atoms with Gasteiger partial charge in [0.1, 0.15) is 11.6 Å². The van der Waals surface area contributed by atoms with Crippen molar-refractivity contribution in [3.05, 3.63) is 28.6 Å². The summed E-state index contributed by atoms with van der Waals surface area (Å²) >= 11 is 0. The van der Waals surface area contributed by atoms with Gasteiger partial charge in [-0.25, -0.2) is 9.59 Å². The van der Waals surface area contributed by atoms with Crippen LogP contribution < -0.4 is 10.6 Å². The Bertz CT molecular complexity index is 872. The normalized spacial score (nSPS) is 15.4. The van der Waals surface area contributed by atoms with Crippen molar-refractivity contribution >= 4 is 24.0 Å². The first-order valence-electron chi connectivity index (χ1n) is 10.4. The average Bonchev–Trinajstić information content (AvgIpc) is 3.29. The molecule has 0 aromatic carbocycles. The van der Waals surface area contributed by atoms with Crippen LogP contribution in [0, 0.1) is 25.2 Å². The molecule has 2 N–H and O–H groups in total. The maximum atomic E-state index is 12.4. The lowest BCUT2D eigenvalue weighted by Gasteiger charge is -2.15. The third kappa shape index (κ3) is 5.96. The lowest BCUT2D eigenvalue weighted by atomic mass is 10.1. The van der Waals surface area contributed by atoms with Gasteiger partial charge in [0.25, 0.3) is 5.91 Å². The van der Waals surface area contributed by atoms with Crippen molar-refractivity contribution in [3.63, 3.8) is 0 Å². The molecule has 1 saturated carbocycles. The molecule has 3 amide bonds. The molecule has 30 heavy (non-hydrogen) atoms. The fraction of sp³-hybridized carbons (Fsp3) is 0.545. The topological polar surface area (TPSA) is 113 Å². The van der Waals surface area contributed by atoms with E-state index >= 15 is 0 Å². The molecule has 1 heterocycles. The average molecular weight is 415 g/mol. The zero-order valence-corrected chi connectivity index (χ0v) is 18.1. The molecule has 1 aliphatic carbocycles. The quantitative estimate of drug-likeness (QED) is 0.404. The first kappa shape index (κ1) is 23.2. The lowest BCUT2D eigenvalue weighted by Crippen LogP contribution is -2.47. The fourth-order valence-electron chi connectivity index (χ4n) is 3.62. The van der Waals surface area contributed by atoms with E-state index in [1.165, 1.54) is 13.0 Å². The molecule has 1 aromatic rings. The molecule has 1 aliphatic rings.